The van der Waals surface area contributed by atoms with Crippen molar-refractivity contribution in [3.05, 3.63) is 24.3 Å². The van der Waals surface area contributed by atoms with Gasteiger partial charge in [-0.15, -0.1) is 0 Å². The van der Waals surface area contributed by atoms with Gasteiger partial charge in [-0.05, 0) is 43.0 Å². The van der Waals surface area contributed by atoms with Gasteiger partial charge in [0.05, 0.1) is 17.4 Å². The van der Waals surface area contributed by atoms with Gasteiger partial charge in [-0.3, -0.25) is 9.59 Å². The molecule has 0 bridgehead atoms. The van der Waals surface area contributed by atoms with Crippen molar-refractivity contribution >= 4 is 21.7 Å². The third-order valence-corrected chi connectivity index (χ3v) is 5.55. The molecule has 0 radical (unpaired) electrons. The van der Waals surface area contributed by atoms with Gasteiger partial charge in [0.1, 0.15) is 5.75 Å². The first-order valence-electron chi connectivity index (χ1n) is 8.60. The van der Waals surface area contributed by atoms with Crippen LogP contribution in [-0.2, 0) is 19.4 Å². The molecule has 1 aromatic rings. The molecule has 2 atom stereocenters. The Kier molecular flexibility index (Phi) is 6.63. The zero-order valence-corrected chi connectivity index (χ0v) is 15.9. The van der Waals surface area contributed by atoms with E-state index in [1.807, 2.05) is 6.92 Å². The van der Waals surface area contributed by atoms with E-state index in [-0.39, 0.29) is 23.3 Å². The van der Waals surface area contributed by atoms with Crippen LogP contribution in [0.1, 0.15) is 26.2 Å². The van der Waals surface area contributed by atoms with Gasteiger partial charge < -0.3 is 14.7 Å². The molecular formula is C18H25NO6S. The van der Waals surface area contributed by atoms with Gasteiger partial charge in [-0.2, -0.15) is 0 Å². The minimum Gasteiger partial charge on any atom is -0.494 e. The molecule has 1 N–H and O–H groups in total. The Bertz CT molecular complexity index is 743. The summed E-state index contributed by atoms with van der Waals surface area (Å²) in [6, 6.07) is 6.14. The zero-order chi connectivity index (χ0) is 19.3. The Morgan fingerprint density at radius 3 is 2.46 bits per heavy atom. The van der Waals surface area contributed by atoms with E-state index in [1.165, 1.54) is 12.1 Å². The van der Waals surface area contributed by atoms with Crippen LogP contribution in [0, 0.1) is 11.8 Å². The number of ether oxygens (including phenoxy) is 1. The Labute approximate surface area is 153 Å². The first-order chi connectivity index (χ1) is 12.2. The van der Waals surface area contributed by atoms with Gasteiger partial charge in [-0.25, -0.2) is 8.42 Å². The molecule has 1 saturated heterocycles. The fourth-order valence-electron chi connectivity index (χ4n) is 3.09. The molecule has 1 aliphatic heterocycles. The third kappa shape index (κ3) is 5.72. The molecule has 1 amide bonds. The highest BCUT2D eigenvalue weighted by molar-refractivity contribution is 7.90. The monoisotopic (exact) mass is 383 g/mol. The fourth-order valence-corrected chi connectivity index (χ4v) is 3.72. The smallest absolute Gasteiger partial charge is 0.308 e. The number of benzene rings is 1. The maximum Gasteiger partial charge on any atom is 0.308 e. The quantitative estimate of drug-likeness (QED) is 0.721. The van der Waals surface area contributed by atoms with E-state index in [9.17, 15) is 18.0 Å². The number of carbonyl (C=O) groups is 2. The lowest BCUT2D eigenvalue weighted by Crippen LogP contribution is -2.45. The predicted octanol–water partition coefficient (Wildman–Crippen LogP) is 1.82. The molecule has 0 aromatic heterocycles. The number of carboxylic acids is 1. The van der Waals surface area contributed by atoms with Crippen molar-refractivity contribution < 1.29 is 27.9 Å². The number of amides is 1. The summed E-state index contributed by atoms with van der Waals surface area (Å²) < 4.78 is 28.3. The second-order valence-corrected chi connectivity index (χ2v) is 8.89. The Morgan fingerprint density at radius 1 is 1.23 bits per heavy atom. The molecule has 2 unspecified atom stereocenters. The zero-order valence-electron chi connectivity index (χ0n) is 15.1. The van der Waals surface area contributed by atoms with Crippen LogP contribution in [-0.4, -0.2) is 56.3 Å². The van der Waals surface area contributed by atoms with Gasteiger partial charge >= 0.3 is 5.97 Å². The van der Waals surface area contributed by atoms with Gasteiger partial charge in [0.25, 0.3) is 0 Å². The average molecular weight is 383 g/mol. The van der Waals surface area contributed by atoms with Crippen LogP contribution in [0.3, 0.4) is 0 Å². The van der Waals surface area contributed by atoms with Crippen LogP contribution in [0.5, 0.6) is 5.75 Å². The van der Waals surface area contributed by atoms with E-state index < -0.39 is 21.7 Å². The fraction of sp³-hybridized carbons (Fsp3) is 0.556. The molecule has 1 aromatic carbocycles. The summed E-state index contributed by atoms with van der Waals surface area (Å²) >= 11 is 0. The summed E-state index contributed by atoms with van der Waals surface area (Å²) in [5, 5.41) is 9.17. The summed E-state index contributed by atoms with van der Waals surface area (Å²) in [6.07, 6.45) is 2.55. The van der Waals surface area contributed by atoms with Crippen molar-refractivity contribution in [1.29, 1.82) is 0 Å². The van der Waals surface area contributed by atoms with Crippen molar-refractivity contribution in [3.8, 4) is 5.75 Å². The molecule has 1 fully saturated rings. The standard InChI is InChI=1S/C18H25NO6S/c1-13-10-14(18(21)22)12-19(11-13)17(20)4-3-9-25-15-5-7-16(8-6-15)26(2,23)24/h5-8,13-14H,3-4,9-12H2,1-2H3,(H,21,22). The molecule has 8 heteroatoms. The molecule has 0 saturated carbocycles. The number of hydrogen-bond acceptors (Lipinski definition) is 5. The molecule has 144 valence electrons. The number of nitrogens with zero attached hydrogens (tertiary/aromatic N) is 1. The number of carbonyl (C=O) groups excluding carboxylic acids is 1. The van der Waals surface area contributed by atoms with E-state index in [4.69, 9.17) is 9.84 Å². The lowest BCUT2D eigenvalue weighted by molar-refractivity contribution is -0.147. The molecule has 0 spiro atoms. The van der Waals surface area contributed by atoms with Crippen LogP contribution in [0.4, 0.5) is 0 Å². The molecular weight excluding hydrogens is 358 g/mol. The molecule has 0 aliphatic carbocycles. The number of likely N-dealkylation sites (tertiary alicyclic amines) is 1. The minimum atomic E-state index is -3.23. The van der Waals surface area contributed by atoms with E-state index in [2.05, 4.69) is 0 Å². The van der Waals surface area contributed by atoms with E-state index >= 15 is 0 Å². The summed E-state index contributed by atoms with van der Waals surface area (Å²) in [5.74, 6) is -0.679. The maximum atomic E-state index is 12.3. The molecule has 2 rings (SSSR count). The molecule has 26 heavy (non-hydrogen) atoms. The van der Waals surface area contributed by atoms with Crippen molar-refractivity contribution in [2.45, 2.75) is 31.1 Å². The van der Waals surface area contributed by atoms with Crippen molar-refractivity contribution in [2.24, 2.45) is 11.8 Å². The van der Waals surface area contributed by atoms with Gasteiger partial charge in [0.15, 0.2) is 9.84 Å². The van der Waals surface area contributed by atoms with Gasteiger partial charge in [-0.1, -0.05) is 6.92 Å². The lowest BCUT2D eigenvalue weighted by atomic mass is 9.90. The Balaban J connectivity index is 1.77. The third-order valence-electron chi connectivity index (χ3n) is 4.42. The largest absolute Gasteiger partial charge is 0.494 e. The Morgan fingerprint density at radius 2 is 1.88 bits per heavy atom. The van der Waals surface area contributed by atoms with Crippen LogP contribution >= 0.6 is 0 Å². The van der Waals surface area contributed by atoms with E-state index in [0.29, 0.717) is 38.2 Å². The number of hydrogen-bond donors (Lipinski definition) is 1. The van der Waals surface area contributed by atoms with E-state index in [1.54, 1.807) is 17.0 Å². The molecule has 7 nitrogen and oxygen atoms in total. The minimum absolute atomic E-state index is 0.0566. The first kappa shape index (κ1) is 20.2. The maximum absolute atomic E-state index is 12.3. The number of sulfone groups is 1. The van der Waals surface area contributed by atoms with Crippen molar-refractivity contribution in [3.63, 3.8) is 0 Å². The van der Waals surface area contributed by atoms with Crippen molar-refractivity contribution in [1.82, 2.24) is 4.90 Å². The highest BCUT2D eigenvalue weighted by atomic mass is 32.2. The highest BCUT2D eigenvalue weighted by Crippen LogP contribution is 2.22. The topological polar surface area (TPSA) is 101 Å². The number of rotatable bonds is 7. The lowest BCUT2D eigenvalue weighted by Gasteiger charge is -2.34. The molecule has 1 aliphatic rings. The summed E-state index contributed by atoms with van der Waals surface area (Å²) in [6.45, 7) is 3.15. The highest BCUT2D eigenvalue weighted by Gasteiger charge is 2.31. The summed E-state index contributed by atoms with van der Waals surface area (Å²) in [5.41, 5.74) is 0. The summed E-state index contributed by atoms with van der Waals surface area (Å²) in [4.78, 5) is 25.3. The average Bonchev–Trinajstić information content (AvgIpc) is 2.57. The molecule has 1 heterocycles. The SMILES string of the molecule is CC1CC(C(=O)O)CN(C(=O)CCCOc2ccc(S(C)(=O)=O)cc2)C1. The van der Waals surface area contributed by atoms with Crippen LogP contribution in [0.2, 0.25) is 0 Å². The predicted molar refractivity (Wildman–Crippen MR) is 95.8 cm³/mol. The van der Waals surface area contributed by atoms with Crippen molar-refractivity contribution in [2.75, 3.05) is 26.0 Å². The summed E-state index contributed by atoms with van der Waals surface area (Å²) in [7, 11) is -3.23. The van der Waals surface area contributed by atoms with Gasteiger partial charge in [0, 0.05) is 25.8 Å². The van der Waals surface area contributed by atoms with Crippen LogP contribution in [0.25, 0.3) is 0 Å². The number of carboxylic acid groups (broad SMARTS) is 1. The first-order valence-corrected chi connectivity index (χ1v) is 10.5. The number of aliphatic carboxylic acids is 1. The Hall–Kier alpha value is -2.09. The van der Waals surface area contributed by atoms with Crippen LogP contribution in [0.15, 0.2) is 29.2 Å². The number of piperidine rings is 1. The normalized spacial score (nSPS) is 20.6. The second-order valence-electron chi connectivity index (χ2n) is 6.87. The van der Waals surface area contributed by atoms with Crippen LogP contribution < -0.4 is 4.74 Å². The van der Waals surface area contributed by atoms with Gasteiger partial charge in [0.2, 0.25) is 5.91 Å². The second kappa shape index (κ2) is 8.53. The van der Waals surface area contributed by atoms with E-state index in [0.717, 1.165) is 6.26 Å².